The van der Waals surface area contributed by atoms with Gasteiger partial charge in [0.2, 0.25) is 0 Å². The zero-order valence-electron chi connectivity index (χ0n) is 4.78. The van der Waals surface area contributed by atoms with Crippen LogP contribution < -0.4 is 4.72 Å². The molecule has 1 unspecified atom stereocenters. The molecule has 6 heteroatoms. The van der Waals surface area contributed by atoms with Gasteiger partial charge in [0, 0.05) is 13.0 Å². The fraction of sp³-hybridized carbons (Fsp3) is 1.00. The molecule has 0 aromatic carbocycles. The minimum atomic E-state index is -1.94. The summed E-state index contributed by atoms with van der Waals surface area (Å²) in [5, 5.41) is 0. The van der Waals surface area contributed by atoms with Gasteiger partial charge < -0.3 is 0 Å². The van der Waals surface area contributed by atoms with Crippen LogP contribution in [0.3, 0.4) is 0 Å². The summed E-state index contributed by atoms with van der Waals surface area (Å²) in [7, 11) is -0.720. The van der Waals surface area contributed by atoms with Crippen molar-refractivity contribution in [2.24, 2.45) is 0 Å². The summed E-state index contributed by atoms with van der Waals surface area (Å²) >= 11 is 3.82. The van der Waals surface area contributed by atoms with Crippen LogP contribution in [0.15, 0.2) is 0 Å². The lowest BCUT2D eigenvalue weighted by Gasteiger charge is -1.91. The molecule has 9 heavy (non-hydrogen) atoms. The van der Waals surface area contributed by atoms with Crippen molar-refractivity contribution in [3.05, 3.63) is 0 Å². The Morgan fingerprint density at radius 2 is 2.44 bits per heavy atom. The van der Waals surface area contributed by atoms with Gasteiger partial charge in [0.15, 0.2) is 6.16 Å². The Morgan fingerprint density at radius 1 is 1.78 bits per heavy atom. The van der Waals surface area contributed by atoms with Crippen LogP contribution in [0.25, 0.3) is 0 Å². The molecular weight excluding hydrogens is 177 g/mol. The first-order chi connectivity index (χ1) is 4.27. The first kappa shape index (κ1) is 9.72. The molecule has 0 aliphatic carbocycles. The van der Waals surface area contributed by atoms with Gasteiger partial charge in [-0.05, 0) is 15.5 Å². The summed E-state index contributed by atoms with van der Waals surface area (Å²) in [6, 6.07) is 0. The number of hydrogen-bond acceptors (Lipinski definition) is 4. The maximum Gasteiger partial charge on any atom is 0.505 e. The largest absolute Gasteiger partial charge is 0.505 e. The average molecular weight is 186 g/mol. The molecule has 0 amide bonds. The molecule has 0 heterocycles. The quantitative estimate of drug-likeness (QED) is 0.198. The SMILES string of the molecule is O=[P+](O)CCCNSS. The van der Waals surface area contributed by atoms with E-state index in [2.05, 4.69) is 16.4 Å². The summed E-state index contributed by atoms with van der Waals surface area (Å²) in [6.07, 6.45) is 1.09. The topological polar surface area (TPSA) is 49.3 Å². The van der Waals surface area contributed by atoms with Crippen LogP contribution in [0.2, 0.25) is 0 Å². The van der Waals surface area contributed by atoms with Gasteiger partial charge in [-0.3, -0.25) is 4.72 Å². The molecular formula is C3H9NO2PS2+. The summed E-state index contributed by atoms with van der Waals surface area (Å²) < 4.78 is 12.9. The highest BCUT2D eigenvalue weighted by molar-refractivity contribution is 8.67. The second-order valence-corrected chi connectivity index (χ2v) is 3.59. The summed E-state index contributed by atoms with van der Waals surface area (Å²) in [4.78, 5) is 8.31. The zero-order chi connectivity index (χ0) is 7.11. The van der Waals surface area contributed by atoms with E-state index < -0.39 is 8.03 Å². The molecule has 0 aromatic rings. The van der Waals surface area contributed by atoms with Gasteiger partial charge in [-0.25, -0.2) is 0 Å². The fourth-order valence-electron chi connectivity index (χ4n) is 0.332. The van der Waals surface area contributed by atoms with E-state index in [0.29, 0.717) is 6.16 Å². The standard InChI is InChI=1S/C3H8NO2PS2/c5-7(6)3-1-2-4-9-8/h4H,1-3H2,(H-,5,6,8)/p+1. The van der Waals surface area contributed by atoms with E-state index in [0.717, 1.165) is 13.0 Å². The predicted octanol–water partition coefficient (Wildman–Crippen LogP) is 1.19. The minimum absolute atomic E-state index is 0.372. The Morgan fingerprint density at radius 3 is 2.89 bits per heavy atom. The molecule has 3 nitrogen and oxygen atoms in total. The van der Waals surface area contributed by atoms with Gasteiger partial charge in [-0.1, -0.05) is 11.7 Å². The molecule has 0 aliphatic heterocycles. The van der Waals surface area contributed by atoms with E-state index in [-0.39, 0.29) is 0 Å². The van der Waals surface area contributed by atoms with Crippen LogP contribution >= 0.6 is 30.7 Å². The number of hydrogen-bond donors (Lipinski definition) is 3. The predicted molar refractivity (Wildman–Crippen MR) is 43.9 cm³/mol. The highest BCUT2D eigenvalue weighted by Crippen LogP contribution is 2.13. The Hall–Kier alpha value is 0.720. The van der Waals surface area contributed by atoms with Gasteiger partial charge in [-0.15, -0.1) is 0 Å². The van der Waals surface area contributed by atoms with Crippen molar-refractivity contribution in [3.63, 3.8) is 0 Å². The lowest BCUT2D eigenvalue weighted by molar-refractivity contribution is 0.501. The van der Waals surface area contributed by atoms with Gasteiger partial charge >= 0.3 is 8.03 Å². The van der Waals surface area contributed by atoms with Gasteiger partial charge in [0.25, 0.3) is 0 Å². The smallest absolute Gasteiger partial charge is 0.255 e. The van der Waals surface area contributed by atoms with Crippen molar-refractivity contribution in [2.75, 3.05) is 12.7 Å². The summed E-state index contributed by atoms with van der Waals surface area (Å²) in [5.74, 6) is 0. The maximum absolute atomic E-state index is 10.1. The van der Waals surface area contributed by atoms with Crippen LogP contribution in [0.4, 0.5) is 0 Å². The van der Waals surface area contributed by atoms with Crippen molar-refractivity contribution in [1.82, 2.24) is 4.72 Å². The van der Waals surface area contributed by atoms with Crippen molar-refractivity contribution in [2.45, 2.75) is 6.42 Å². The van der Waals surface area contributed by atoms with Gasteiger partial charge in [0.05, 0.1) is 0 Å². The second kappa shape index (κ2) is 6.83. The normalized spacial score (nSPS) is 11.6. The molecule has 0 aliphatic rings. The fourth-order valence-corrected chi connectivity index (χ4v) is 1.27. The Bertz CT molecular complexity index is 91.9. The third-order valence-electron chi connectivity index (χ3n) is 0.693. The molecule has 0 rings (SSSR count). The third kappa shape index (κ3) is 8.72. The van der Waals surface area contributed by atoms with E-state index in [1.807, 2.05) is 0 Å². The van der Waals surface area contributed by atoms with E-state index in [4.69, 9.17) is 4.89 Å². The molecule has 0 saturated heterocycles. The van der Waals surface area contributed by atoms with Gasteiger partial charge in [-0.2, -0.15) is 4.89 Å². The molecule has 1 atom stereocenters. The molecule has 0 aromatic heterocycles. The average Bonchev–Trinajstić information content (AvgIpc) is 1.80. The zero-order valence-corrected chi connectivity index (χ0v) is 7.38. The summed E-state index contributed by atoms with van der Waals surface area (Å²) in [6.45, 7) is 0.732. The Kier molecular flexibility index (Phi) is 7.38. The summed E-state index contributed by atoms with van der Waals surface area (Å²) in [5.41, 5.74) is 0. The number of thiol groups is 1. The molecule has 0 radical (unpaired) electrons. The molecule has 0 fully saturated rings. The lowest BCUT2D eigenvalue weighted by Crippen LogP contribution is -2.03. The van der Waals surface area contributed by atoms with E-state index in [1.165, 1.54) is 11.0 Å². The molecule has 0 bridgehead atoms. The lowest BCUT2D eigenvalue weighted by atomic mass is 10.5. The van der Waals surface area contributed by atoms with Crippen LogP contribution in [0, 0.1) is 0 Å². The highest BCUT2D eigenvalue weighted by atomic mass is 33.1. The Labute approximate surface area is 64.4 Å². The molecule has 2 N–H and O–H groups in total. The molecule has 0 saturated carbocycles. The van der Waals surface area contributed by atoms with Gasteiger partial charge in [0.1, 0.15) is 0 Å². The highest BCUT2D eigenvalue weighted by Gasteiger charge is 2.06. The van der Waals surface area contributed by atoms with E-state index in [9.17, 15) is 4.57 Å². The van der Waals surface area contributed by atoms with E-state index in [1.54, 1.807) is 0 Å². The van der Waals surface area contributed by atoms with Crippen LogP contribution in [-0.4, -0.2) is 17.6 Å². The Balaban J connectivity index is 2.83. The van der Waals surface area contributed by atoms with Crippen molar-refractivity contribution < 1.29 is 9.46 Å². The third-order valence-corrected chi connectivity index (χ3v) is 2.11. The first-order valence-corrected chi connectivity index (χ1v) is 5.71. The van der Waals surface area contributed by atoms with Crippen molar-refractivity contribution in [3.8, 4) is 0 Å². The van der Waals surface area contributed by atoms with Crippen LogP contribution in [-0.2, 0) is 4.57 Å². The molecule has 0 spiro atoms. The number of nitrogens with one attached hydrogen (secondary N) is 1. The van der Waals surface area contributed by atoms with E-state index >= 15 is 0 Å². The van der Waals surface area contributed by atoms with Crippen LogP contribution in [0.1, 0.15) is 6.42 Å². The minimum Gasteiger partial charge on any atom is -0.255 e. The first-order valence-electron chi connectivity index (χ1n) is 2.44. The van der Waals surface area contributed by atoms with Crippen molar-refractivity contribution in [1.29, 1.82) is 0 Å². The van der Waals surface area contributed by atoms with Crippen LogP contribution in [0.5, 0.6) is 0 Å². The maximum atomic E-state index is 10.1. The monoisotopic (exact) mass is 186 g/mol. The van der Waals surface area contributed by atoms with Crippen molar-refractivity contribution >= 4 is 30.7 Å². The number of rotatable bonds is 5. The molecule has 54 valence electrons. The second-order valence-electron chi connectivity index (χ2n) is 1.41.